The zero-order chi connectivity index (χ0) is 29.0. The van der Waals surface area contributed by atoms with Crippen molar-refractivity contribution in [2.75, 3.05) is 33.0 Å². The summed E-state index contributed by atoms with van der Waals surface area (Å²) in [6, 6.07) is 0. The second-order valence-corrected chi connectivity index (χ2v) is 10.3. The van der Waals surface area contributed by atoms with Gasteiger partial charge in [-0.15, -0.1) is 0 Å². The Morgan fingerprint density at radius 1 is 0.590 bits per heavy atom. The summed E-state index contributed by atoms with van der Waals surface area (Å²) in [4.78, 5) is 58.4. The highest BCUT2D eigenvalue weighted by Gasteiger charge is 2.33. The Morgan fingerprint density at radius 3 is 1.44 bits per heavy atom. The lowest BCUT2D eigenvalue weighted by molar-refractivity contribution is -0.165. The Kier molecular flexibility index (Phi) is 20.2. The van der Waals surface area contributed by atoms with Crippen molar-refractivity contribution in [2.45, 2.75) is 86.5 Å². The van der Waals surface area contributed by atoms with Gasteiger partial charge in [0.25, 0.3) is 0 Å². The molecule has 0 fully saturated rings. The molecule has 0 N–H and O–H groups in total. The van der Waals surface area contributed by atoms with E-state index in [1.807, 2.05) is 13.8 Å². The van der Waals surface area contributed by atoms with Crippen molar-refractivity contribution in [3.8, 4) is 0 Å². The smallest absolute Gasteiger partial charge is 0.330 e. The van der Waals surface area contributed by atoms with Crippen LogP contribution in [0.4, 0.5) is 0 Å². The van der Waals surface area contributed by atoms with Crippen LogP contribution in [-0.4, -0.2) is 62.9 Å². The number of hydrogen-bond acceptors (Lipinski definition) is 10. The molecule has 0 bridgehead atoms. The van der Waals surface area contributed by atoms with E-state index in [4.69, 9.17) is 23.7 Å². The molecule has 0 aromatic carbocycles. The van der Waals surface area contributed by atoms with Gasteiger partial charge in [-0.1, -0.05) is 34.4 Å². The lowest BCUT2D eigenvalue weighted by Crippen LogP contribution is -2.36. The van der Waals surface area contributed by atoms with Gasteiger partial charge in [-0.3, -0.25) is 14.4 Å². The molecule has 0 heterocycles. The van der Waals surface area contributed by atoms with E-state index in [2.05, 4.69) is 13.2 Å². The van der Waals surface area contributed by atoms with Crippen LogP contribution in [0.5, 0.6) is 0 Å². The molecule has 0 aliphatic heterocycles. The number of carbonyl (C=O) groups is 5. The largest absolute Gasteiger partial charge is 0.465 e. The fourth-order valence-electron chi connectivity index (χ4n) is 2.80. The number of ether oxygens (including phenoxy) is 5. The van der Waals surface area contributed by atoms with Crippen molar-refractivity contribution in [1.29, 1.82) is 0 Å². The molecule has 0 spiro atoms. The van der Waals surface area contributed by atoms with Crippen molar-refractivity contribution in [2.24, 2.45) is 10.8 Å². The van der Waals surface area contributed by atoms with Crippen LogP contribution in [0.25, 0.3) is 0 Å². The monoisotopic (exact) mass is 556 g/mol. The van der Waals surface area contributed by atoms with Crippen LogP contribution in [0.1, 0.15) is 86.5 Å². The number of carbonyl (C=O) groups excluding carboxylic acids is 5. The van der Waals surface area contributed by atoms with E-state index < -0.39 is 34.7 Å². The lowest BCUT2D eigenvalue weighted by atomic mass is 9.93. The van der Waals surface area contributed by atoms with Gasteiger partial charge in [0.1, 0.15) is 6.61 Å². The standard InChI is InChI=1S/C28H44O10.CH4/c1-7-22(29)34-17-13-9-11-15-24(31)36-19-27(3,4)20-38-26(33)28(5,6)21-37-25(32)16-12-10-14-18-35-23(30)8-2;/h7-8H,1-2,9-21H2,3-6H3;1H4. The highest BCUT2D eigenvalue weighted by atomic mass is 16.6. The van der Waals surface area contributed by atoms with Gasteiger partial charge in [0.05, 0.1) is 31.8 Å². The first-order valence-corrected chi connectivity index (χ1v) is 12.9. The molecule has 224 valence electrons. The summed E-state index contributed by atoms with van der Waals surface area (Å²) in [6.07, 6.45) is 6.51. The average molecular weight is 557 g/mol. The maximum Gasteiger partial charge on any atom is 0.330 e. The van der Waals surface area contributed by atoms with Gasteiger partial charge < -0.3 is 23.7 Å². The second kappa shape index (κ2) is 20.7. The maximum atomic E-state index is 12.6. The van der Waals surface area contributed by atoms with Crippen LogP contribution in [-0.2, 0) is 47.7 Å². The average Bonchev–Trinajstić information content (AvgIpc) is 2.88. The first-order chi connectivity index (χ1) is 17.8. The highest BCUT2D eigenvalue weighted by Crippen LogP contribution is 2.22. The van der Waals surface area contributed by atoms with Crippen LogP contribution < -0.4 is 0 Å². The number of esters is 5. The fraction of sp³-hybridized carbons (Fsp3) is 0.690. The van der Waals surface area contributed by atoms with E-state index in [-0.39, 0.29) is 59.3 Å². The minimum atomic E-state index is -1.04. The van der Waals surface area contributed by atoms with Crippen molar-refractivity contribution in [3.63, 3.8) is 0 Å². The molecule has 0 saturated carbocycles. The molecular formula is C29H48O10. The van der Waals surface area contributed by atoms with Gasteiger partial charge in [-0.05, 0) is 52.4 Å². The summed E-state index contributed by atoms with van der Waals surface area (Å²) in [5.41, 5.74) is -1.64. The summed E-state index contributed by atoms with van der Waals surface area (Å²) in [5.74, 6) is -2.23. The van der Waals surface area contributed by atoms with Gasteiger partial charge >= 0.3 is 29.8 Å². The summed E-state index contributed by atoms with van der Waals surface area (Å²) >= 11 is 0. The molecule has 0 aromatic heterocycles. The van der Waals surface area contributed by atoms with Crippen molar-refractivity contribution in [1.82, 2.24) is 0 Å². The third-order valence-electron chi connectivity index (χ3n) is 5.24. The lowest BCUT2D eigenvalue weighted by Gasteiger charge is -2.27. The third-order valence-corrected chi connectivity index (χ3v) is 5.24. The summed E-state index contributed by atoms with van der Waals surface area (Å²) in [5, 5.41) is 0. The quantitative estimate of drug-likeness (QED) is 0.0833. The van der Waals surface area contributed by atoms with Crippen LogP contribution >= 0.6 is 0 Å². The molecule has 39 heavy (non-hydrogen) atoms. The summed E-state index contributed by atoms with van der Waals surface area (Å²) in [7, 11) is 0. The molecule has 0 atom stereocenters. The van der Waals surface area contributed by atoms with Gasteiger partial charge in [0.15, 0.2) is 0 Å². The van der Waals surface area contributed by atoms with Crippen molar-refractivity contribution in [3.05, 3.63) is 25.3 Å². The first-order valence-electron chi connectivity index (χ1n) is 12.9. The van der Waals surface area contributed by atoms with Crippen molar-refractivity contribution >= 4 is 29.8 Å². The summed E-state index contributed by atoms with van der Waals surface area (Å²) < 4.78 is 25.7. The Hall–Kier alpha value is -3.17. The van der Waals surface area contributed by atoms with E-state index in [1.54, 1.807) is 13.8 Å². The number of unbranched alkanes of at least 4 members (excludes halogenated alkanes) is 4. The Balaban J connectivity index is 0. The molecular weight excluding hydrogens is 508 g/mol. The molecule has 10 nitrogen and oxygen atoms in total. The Bertz CT molecular complexity index is 798. The fourth-order valence-corrected chi connectivity index (χ4v) is 2.80. The molecule has 10 heteroatoms. The van der Waals surface area contributed by atoms with E-state index in [9.17, 15) is 24.0 Å². The Labute approximate surface area is 233 Å². The minimum absolute atomic E-state index is 0. The van der Waals surface area contributed by atoms with Gasteiger partial charge in [0.2, 0.25) is 0 Å². The van der Waals surface area contributed by atoms with Crippen LogP contribution in [0.2, 0.25) is 0 Å². The molecule has 0 amide bonds. The van der Waals surface area contributed by atoms with Crippen LogP contribution in [0, 0.1) is 10.8 Å². The predicted molar refractivity (Wildman–Crippen MR) is 146 cm³/mol. The highest BCUT2D eigenvalue weighted by molar-refractivity contribution is 5.81. The molecule has 0 unspecified atom stereocenters. The van der Waals surface area contributed by atoms with Crippen molar-refractivity contribution < 1.29 is 47.7 Å². The van der Waals surface area contributed by atoms with Crippen LogP contribution in [0.3, 0.4) is 0 Å². The molecule has 0 radical (unpaired) electrons. The van der Waals surface area contributed by atoms with E-state index in [0.29, 0.717) is 38.5 Å². The normalized spacial score (nSPS) is 10.9. The number of rotatable bonds is 21. The van der Waals surface area contributed by atoms with Gasteiger partial charge in [0, 0.05) is 30.4 Å². The van der Waals surface area contributed by atoms with Gasteiger partial charge in [-0.2, -0.15) is 0 Å². The zero-order valence-electron chi connectivity index (χ0n) is 23.3. The molecule has 0 aliphatic carbocycles. The first kappa shape index (κ1) is 38.0. The topological polar surface area (TPSA) is 132 Å². The third kappa shape index (κ3) is 20.5. The van der Waals surface area contributed by atoms with Crippen LogP contribution in [0.15, 0.2) is 25.3 Å². The zero-order valence-corrected chi connectivity index (χ0v) is 23.3. The molecule has 0 rings (SSSR count). The van der Waals surface area contributed by atoms with Gasteiger partial charge in [-0.25, -0.2) is 9.59 Å². The summed E-state index contributed by atoms with van der Waals surface area (Å²) in [6.45, 7) is 14.0. The number of hydrogen-bond donors (Lipinski definition) is 0. The molecule has 0 aromatic rings. The Morgan fingerprint density at radius 2 is 1.00 bits per heavy atom. The SMILES string of the molecule is C.C=CC(=O)OCCCCCC(=O)OCC(C)(C)COC(=O)C(C)(C)COC(=O)CCCCCOC(=O)C=C. The second-order valence-electron chi connectivity index (χ2n) is 10.3. The van der Waals surface area contributed by atoms with E-state index >= 15 is 0 Å². The molecule has 0 aliphatic rings. The minimum Gasteiger partial charge on any atom is -0.465 e. The van der Waals surface area contributed by atoms with E-state index in [1.165, 1.54) is 0 Å². The predicted octanol–water partition coefficient (Wildman–Crippen LogP) is 4.88. The molecule has 0 saturated heterocycles. The van der Waals surface area contributed by atoms with E-state index in [0.717, 1.165) is 12.2 Å². The maximum absolute atomic E-state index is 12.6.